The maximum Gasteiger partial charge on any atom is 0.170 e. The molecule has 3 heteroatoms. The van der Waals surface area contributed by atoms with Gasteiger partial charge >= 0.3 is 0 Å². The topological polar surface area (TPSA) is 30.0 Å². The van der Waals surface area contributed by atoms with Crippen molar-refractivity contribution in [1.82, 2.24) is 4.98 Å². The molecule has 1 aromatic heterocycles. The molecule has 94 valence electrons. The van der Waals surface area contributed by atoms with Gasteiger partial charge in [0.15, 0.2) is 5.78 Å². The van der Waals surface area contributed by atoms with E-state index in [9.17, 15) is 4.79 Å². The molecule has 0 spiro atoms. The SMILES string of the molecule is Cc1cccc(C)c1C(=O)Cc1nc(C)c(C)s1. The van der Waals surface area contributed by atoms with Crippen LogP contribution in [0.5, 0.6) is 0 Å². The molecule has 18 heavy (non-hydrogen) atoms. The number of aromatic nitrogens is 1. The van der Waals surface area contributed by atoms with Crippen LogP contribution in [0.1, 0.15) is 37.1 Å². The zero-order valence-electron chi connectivity index (χ0n) is 11.2. The molecule has 0 aliphatic heterocycles. The number of carbonyl (C=O) groups excluding carboxylic acids is 1. The Morgan fingerprint density at radius 3 is 2.28 bits per heavy atom. The second kappa shape index (κ2) is 5.02. The molecule has 0 N–H and O–H groups in total. The van der Waals surface area contributed by atoms with Crippen molar-refractivity contribution in [2.24, 2.45) is 0 Å². The van der Waals surface area contributed by atoms with E-state index in [1.54, 1.807) is 11.3 Å². The van der Waals surface area contributed by atoms with Crippen LogP contribution in [-0.4, -0.2) is 10.8 Å². The smallest absolute Gasteiger partial charge is 0.170 e. The zero-order valence-corrected chi connectivity index (χ0v) is 12.0. The van der Waals surface area contributed by atoms with E-state index in [2.05, 4.69) is 4.98 Å². The third-order valence-corrected chi connectivity index (χ3v) is 4.22. The van der Waals surface area contributed by atoms with Crippen LogP contribution in [0.2, 0.25) is 0 Å². The van der Waals surface area contributed by atoms with Crippen molar-refractivity contribution in [1.29, 1.82) is 0 Å². The van der Waals surface area contributed by atoms with Crippen molar-refractivity contribution in [3.05, 3.63) is 50.5 Å². The van der Waals surface area contributed by atoms with Crippen LogP contribution in [0, 0.1) is 27.7 Å². The summed E-state index contributed by atoms with van der Waals surface area (Å²) < 4.78 is 0. The van der Waals surface area contributed by atoms with E-state index in [1.165, 1.54) is 4.88 Å². The van der Waals surface area contributed by atoms with E-state index in [1.807, 2.05) is 45.9 Å². The van der Waals surface area contributed by atoms with Crippen LogP contribution >= 0.6 is 11.3 Å². The summed E-state index contributed by atoms with van der Waals surface area (Å²) in [6, 6.07) is 5.95. The van der Waals surface area contributed by atoms with E-state index in [0.29, 0.717) is 6.42 Å². The molecule has 0 aliphatic carbocycles. The van der Waals surface area contributed by atoms with Crippen molar-refractivity contribution < 1.29 is 4.79 Å². The maximum absolute atomic E-state index is 12.3. The van der Waals surface area contributed by atoms with Crippen LogP contribution in [-0.2, 0) is 6.42 Å². The molecule has 0 fully saturated rings. The average molecular weight is 259 g/mol. The van der Waals surface area contributed by atoms with E-state index in [0.717, 1.165) is 27.4 Å². The molecule has 0 saturated carbocycles. The summed E-state index contributed by atoms with van der Waals surface area (Å²) in [6.45, 7) is 8.00. The third-order valence-electron chi connectivity index (χ3n) is 3.14. The Labute approximate surface area is 112 Å². The summed E-state index contributed by atoms with van der Waals surface area (Å²) in [4.78, 5) is 18.0. The highest BCUT2D eigenvalue weighted by molar-refractivity contribution is 7.11. The average Bonchev–Trinajstić information content (AvgIpc) is 2.57. The monoisotopic (exact) mass is 259 g/mol. The predicted molar refractivity (Wildman–Crippen MR) is 75.5 cm³/mol. The Balaban J connectivity index is 2.27. The second-order valence-electron chi connectivity index (χ2n) is 4.62. The normalized spacial score (nSPS) is 10.7. The van der Waals surface area contributed by atoms with Gasteiger partial charge in [0.05, 0.1) is 12.1 Å². The summed E-state index contributed by atoms with van der Waals surface area (Å²) in [6.07, 6.45) is 0.408. The molecule has 2 aromatic rings. The molecule has 0 bridgehead atoms. The van der Waals surface area contributed by atoms with Crippen molar-refractivity contribution >= 4 is 17.1 Å². The lowest BCUT2D eigenvalue weighted by atomic mass is 9.98. The van der Waals surface area contributed by atoms with Gasteiger partial charge in [-0.3, -0.25) is 4.79 Å². The van der Waals surface area contributed by atoms with E-state index in [-0.39, 0.29) is 5.78 Å². The van der Waals surface area contributed by atoms with Crippen LogP contribution in [0.15, 0.2) is 18.2 Å². The number of ketones is 1. The molecule has 0 amide bonds. The van der Waals surface area contributed by atoms with Gasteiger partial charge in [-0.1, -0.05) is 18.2 Å². The molecule has 0 atom stereocenters. The first kappa shape index (κ1) is 13.0. The maximum atomic E-state index is 12.3. The largest absolute Gasteiger partial charge is 0.294 e. The minimum atomic E-state index is 0.166. The summed E-state index contributed by atoms with van der Waals surface area (Å²) in [5.41, 5.74) is 3.97. The van der Waals surface area contributed by atoms with Gasteiger partial charge in [0.2, 0.25) is 0 Å². The molecular weight excluding hydrogens is 242 g/mol. The quantitative estimate of drug-likeness (QED) is 0.785. The summed E-state index contributed by atoms with van der Waals surface area (Å²) >= 11 is 1.62. The van der Waals surface area contributed by atoms with Crippen molar-refractivity contribution in [2.75, 3.05) is 0 Å². The summed E-state index contributed by atoms with van der Waals surface area (Å²) in [5.74, 6) is 0.166. The van der Waals surface area contributed by atoms with Crippen molar-refractivity contribution in [3.63, 3.8) is 0 Å². The first-order chi connectivity index (χ1) is 8.49. The summed E-state index contributed by atoms with van der Waals surface area (Å²) in [5, 5.41) is 0.914. The number of nitrogens with zero attached hydrogens (tertiary/aromatic N) is 1. The number of rotatable bonds is 3. The van der Waals surface area contributed by atoms with Gasteiger partial charge in [-0.05, 0) is 38.8 Å². The van der Waals surface area contributed by atoms with Crippen LogP contribution in [0.3, 0.4) is 0 Å². The van der Waals surface area contributed by atoms with E-state index < -0.39 is 0 Å². The lowest BCUT2D eigenvalue weighted by Gasteiger charge is -2.07. The van der Waals surface area contributed by atoms with Gasteiger partial charge < -0.3 is 0 Å². The molecule has 2 rings (SSSR count). The minimum Gasteiger partial charge on any atom is -0.294 e. The Hall–Kier alpha value is -1.48. The number of carbonyl (C=O) groups is 1. The Kier molecular flexibility index (Phi) is 3.62. The van der Waals surface area contributed by atoms with E-state index in [4.69, 9.17) is 0 Å². The van der Waals surface area contributed by atoms with Crippen LogP contribution in [0.25, 0.3) is 0 Å². The van der Waals surface area contributed by atoms with Gasteiger partial charge in [-0.25, -0.2) is 4.98 Å². The Morgan fingerprint density at radius 1 is 1.17 bits per heavy atom. The fourth-order valence-corrected chi connectivity index (χ4v) is 3.03. The zero-order chi connectivity index (χ0) is 13.3. The lowest BCUT2D eigenvalue weighted by Crippen LogP contribution is -2.07. The first-order valence-electron chi connectivity index (χ1n) is 6.01. The highest BCUT2D eigenvalue weighted by Crippen LogP contribution is 2.20. The highest BCUT2D eigenvalue weighted by atomic mass is 32.1. The number of hydrogen-bond acceptors (Lipinski definition) is 3. The van der Waals surface area contributed by atoms with Crippen LogP contribution < -0.4 is 0 Å². The minimum absolute atomic E-state index is 0.166. The third kappa shape index (κ3) is 2.51. The highest BCUT2D eigenvalue weighted by Gasteiger charge is 2.15. The fourth-order valence-electron chi connectivity index (χ4n) is 2.09. The second-order valence-corrected chi connectivity index (χ2v) is 5.90. The van der Waals surface area contributed by atoms with Gasteiger partial charge in [-0.15, -0.1) is 11.3 Å². The number of Topliss-reactive ketones (excluding diaryl/α,β-unsaturated/α-hetero) is 1. The number of hydrogen-bond donors (Lipinski definition) is 0. The molecule has 0 saturated heterocycles. The lowest BCUT2D eigenvalue weighted by molar-refractivity contribution is 0.0992. The summed E-state index contributed by atoms with van der Waals surface area (Å²) in [7, 11) is 0. The molecule has 2 nitrogen and oxygen atoms in total. The van der Waals surface area contributed by atoms with E-state index >= 15 is 0 Å². The molecule has 1 heterocycles. The molecule has 0 aliphatic rings. The van der Waals surface area contributed by atoms with Crippen LogP contribution in [0.4, 0.5) is 0 Å². The number of thiazole rings is 1. The fraction of sp³-hybridized carbons (Fsp3) is 0.333. The van der Waals surface area contributed by atoms with Crippen molar-refractivity contribution in [3.8, 4) is 0 Å². The number of aryl methyl sites for hydroxylation is 4. The molecule has 1 aromatic carbocycles. The first-order valence-corrected chi connectivity index (χ1v) is 6.83. The molecule has 0 radical (unpaired) electrons. The Morgan fingerprint density at radius 2 is 1.78 bits per heavy atom. The number of benzene rings is 1. The predicted octanol–water partition coefficient (Wildman–Crippen LogP) is 3.80. The van der Waals surface area contributed by atoms with Gasteiger partial charge in [0.1, 0.15) is 5.01 Å². The molecule has 0 unspecified atom stereocenters. The van der Waals surface area contributed by atoms with Crippen molar-refractivity contribution in [2.45, 2.75) is 34.1 Å². The molecular formula is C15H17NOS. The van der Waals surface area contributed by atoms with Gasteiger partial charge in [0, 0.05) is 10.4 Å². The van der Waals surface area contributed by atoms with Gasteiger partial charge in [-0.2, -0.15) is 0 Å². The Bertz CT molecular complexity index is 559. The van der Waals surface area contributed by atoms with Gasteiger partial charge in [0.25, 0.3) is 0 Å². The standard InChI is InChI=1S/C15H17NOS/c1-9-6-5-7-10(2)15(9)13(17)8-14-16-11(3)12(4)18-14/h5-7H,8H2,1-4H3.